The molecule has 4 rings (SSSR count). The van der Waals surface area contributed by atoms with Crippen LogP contribution >= 0.6 is 0 Å². The molecule has 1 aliphatic heterocycles. The van der Waals surface area contributed by atoms with E-state index in [1.165, 1.54) is 0 Å². The molecule has 0 unspecified atom stereocenters. The minimum absolute atomic E-state index is 0.0343. The molecule has 6 heteroatoms. The van der Waals surface area contributed by atoms with Gasteiger partial charge in [0.05, 0.1) is 28.8 Å². The van der Waals surface area contributed by atoms with Gasteiger partial charge in [0, 0.05) is 18.2 Å². The van der Waals surface area contributed by atoms with E-state index in [0.29, 0.717) is 17.2 Å². The lowest BCUT2D eigenvalue weighted by molar-refractivity contribution is 0.0666. The van der Waals surface area contributed by atoms with Gasteiger partial charge in [0.15, 0.2) is 0 Å². The molecular formula is C20H27N3O3. The molecule has 0 aromatic carbocycles. The smallest absolute Gasteiger partial charge is 0.259 e. The molecule has 1 saturated heterocycles. The minimum atomic E-state index is -0.0674. The van der Waals surface area contributed by atoms with Crippen LogP contribution in [0.5, 0.6) is 0 Å². The number of carbonyl (C=O) groups is 1. The van der Waals surface area contributed by atoms with Crippen molar-refractivity contribution in [3.05, 3.63) is 23.0 Å². The number of aromatic nitrogens is 2. The number of carbonyl (C=O) groups excluding carboxylic acids is 1. The second-order valence-electron chi connectivity index (χ2n) is 7.47. The standard InChI is InChI=1S/C20H27N3O3/c1-3-6-15-18-13(11-16(12-8-9-12)22-20(18)26-23-15)19(24)21-14(4-2)17-7-5-10-25-17/h11-12,14,17H,3-10H2,1-2H3,(H,21,24)/t14-,17-/m1/s1. The Labute approximate surface area is 153 Å². The van der Waals surface area contributed by atoms with Crippen molar-refractivity contribution < 1.29 is 14.1 Å². The van der Waals surface area contributed by atoms with Crippen LogP contribution in [0, 0.1) is 0 Å². The van der Waals surface area contributed by atoms with Gasteiger partial charge in [0.1, 0.15) is 0 Å². The van der Waals surface area contributed by atoms with E-state index in [9.17, 15) is 4.79 Å². The summed E-state index contributed by atoms with van der Waals surface area (Å²) in [6, 6.07) is 1.99. The average Bonchev–Trinajstić information content (AvgIpc) is 3.21. The largest absolute Gasteiger partial charge is 0.376 e. The predicted octanol–water partition coefficient (Wildman–Crippen LogP) is 3.74. The zero-order valence-electron chi connectivity index (χ0n) is 15.6. The van der Waals surface area contributed by atoms with Crippen molar-refractivity contribution in [2.75, 3.05) is 6.61 Å². The lowest BCUT2D eigenvalue weighted by Crippen LogP contribution is -2.42. The molecular weight excluding hydrogens is 330 g/mol. The molecule has 3 heterocycles. The maximum atomic E-state index is 13.2. The van der Waals surface area contributed by atoms with Gasteiger partial charge in [-0.25, -0.2) is 4.98 Å². The van der Waals surface area contributed by atoms with Crippen molar-refractivity contribution in [2.24, 2.45) is 0 Å². The molecule has 140 valence electrons. The number of nitrogens with zero attached hydrogens (tertiary/aromatic N) is 2. The van der Waals surface area contributed by atoms with Crippen LogP contribution in [-0.4, -0.2) is 34.8 Å². The van der Waals surface area contributed by atoms with E-state index in [4.69, 9.17) is 9.26 Å². The summed E-state index contributed by atoms with van der Waals surface area (Å²) < 4.78 is 11.3. The Bertz CT molecular complexity index is 791. The number of hydrogen-bond acceptors (Lipinski definition) is 5. The normalized spacial score (nSPS) is 21.2. The quantitative estimate of drug-likeness (QED) is 0.817. The first-order valence-electron chi connectivity index (χ1n) is 9.92. The maximum absolute atomic E-state index is 13.2. The third-order valence-electron chi connectivity index (χ3n) is 5.43. The van der Waals surface area contributed by atoms with Crippen molar-refractivity contribution in [1.82, 2.24) is 15.5 Å². The molecule has 0 radical (unpaired) electrons. The van der Waals surface area contributed by atoms with Gasteiger partial charge in [-0.05, 0) is 44.6 Å². The molecule has 26 heavy (non-hydrogen) atoms. The molecule has 2 aromatic rings. The summed E-state index contributed by atoms with van der Waals surface area (Å²) in [5.41, 5.74) is 2.92. The van der Waals surface area contributed by atoms with Gasteiger partial charge in [-0.3, -0.25) is 4.79 Å². The molecule has 2 aliphatic rings. The molecule has 1 N–H and O–H groups in total. The van der Waals surface area contributed by atoms with Crippen LogP contribution in [0.1, 0.15) is 80.0 Å². The fourth-order valence-electron chi connectivity index (χ4n) is 3.83. The van der Waals surface area contributed by atoms with Gasteiger partial charge in [-0.15, -0.1) is 0 Å². The monoisotopic (exact) mass is 357 g/mol. The van der Waals surface area contributed by atoms with Gasteiger partial charge in [-0.1, -0.05) is 25.4 Å². The highest BCUT2D eigenvalue weighted by atomic mass is 16.5. The van der Waals surface area contributed by atoms with E-state index >= 15 is 0 Å². The summed E-state index contributed by atoms with van der Waals surface area (Å²) in [7, 11) is 0. The molecule has 1 saturated carbocycles. The molecule has 1 amide bonds. The number of aryl methyl sites for hydroxylation is 1. The number of hydrogen-bond donors (Lipinski definition) is 1. The Kier molecular flexibility index (Phi) is 4.94. The van der Waals surface area contributed by atoms with Crippen LogP contribution < -0.4 is 5.32 Å². The van der Waals surface area contributed by atoms with Gasteiger partial charge in [-0.2, -0.15) is 0 Å². The number of ether oxygens (including phenoxy) is 1. The van der Waals surface area contributed by atoms with Gasteiger partial charge < -0.3 is 14.6 Å². The van der Waals surface area contributed by atoms with Crippen LogP contribution in [-0.2, 0) is 11.2 Å². The second kappa shape index (κ2) is 7.35. The number of rotatable bonds is 7. The van der Waals surface area contributed by atoms with Gasteiger partial charge in [0.25, 0.3) is 11.6 Å². The van der Waals surface area contributed by atoms with Gasteiger partial charge in [0.2, 0.25) is 0 Å². The van der Waals surface area contributed by atoms with E-state index in [1.54, 1.807) is 0 Å². The number of fused-ring (bicyclic) bond motifs is 1. The fourth-order valence-corrected chi connectivity index (χ4v) is 3.83. The third kappa shape index (κ3) is 3.34. The van der Waals surface area contributed by atoms with E-state index in [-0.39, 0.29) is 18.1 Å². The Hall–Kier alpha value is -1.95. The zero-order valence-corrected chi connectivity index (χ0v) is 15.6. The Balaban J connectivity index is 1.68. The number of amides is 1. The Morgan fingerprint density at radius 1 is 1.35 bits per heavy atom. The lowest BCUT2D eigenvalue weighted by atomic mass is 10.0. The van der Waals surface area contributed by atoms with E-state index in [1.807, 2.05) is 6.07 Å². The summed E-state index contributed by atoms with van der Waals surface area (Å²) >= 11 is 0. The summed E-state index contributed by atoms with van der Waals surface area (Å²) in [6.07, 6.45) is 7.02. The molecule has 2 aromatic heterocycles. The second-order valence-corrected chi connectivity index (χ2v) is 7.47. The van der Waals surface area contributed by atoms with E-state index in [2.05, 4.69) is 29.3 Å². The topological polar surface area (TPSA) is 77.2 Å². The summed E-state index contributed by atoms with van der Waals surface area (Å²) in [4.78, 5) is 17.8. The number of nitrogens with one attached hydrogen (secondary N) is 1. The average molecular weight is 357 g/mol. The molecule has 0 spiro atoms. The molecule has 1 aliphatic carbocycles. The summed E-state index contributed by atoms with van der Waals surface area (Å²) in [5, 5.41) is 8.16. The first-order chi connectivity index (χ1) is 12.7. The van der Waals surface area contributed by atoms with Crippen molar-refractivity contribution in [3.63, 3.8) is 0 Å². The SMILES string of the molecule is CCCc1noc2nc(C3CC3)cc(C(=O)N[C@H](CC)[C@H]3CCCO3)c12. The number of pyridine rings is 1. The first-order valence-corrected chi connectivity index (χ1v) is 9.92. The third-order valence-corrected chi connectivity index (χ3v) is 5.43. The Morgan fingerprint density at radius 3 is 2.85 bits per heavy atom. The molecule has 0 bridgehead atoms. The van der Waals surface area contributed by atoms with Crippen molar-refractivity contribution in [2.45, 2.75) is 76.9 Å². The van der Waals surface area contributed by atoms with Crippen molar-refractivity contribution >= 4 is 17.0 Å². The first kappa shape index (κ1) is 17.5. The van der Waals surface area contributed by atoms with Crippen LogP contribution in [0.15, 0.2) is 10.6 Å². The highest BCUT2D eigenvalue weighted by Gasteiger charge is 2.31. The Morgan fingerprint density at radius 2 is 2.19 bits per heavy atom. The van der Waals surface area contributed by atoms with E-state index in [0.717, 1.165) is 68.3 Å². The molecule has 2 fully saturated rings. The van der Waals surface area contributed by atoms with E-state index < -0.39 is 0 Å². The van der Waals surface area contributed by atoms with Crippen molar-refractivity contribution in [3.8, 4) is 0 Å². The highest BCUT2D eigenvalue weighted by molar-refractivity contribution is 6.06. The predicted molar refractivity (Wildman–Crippen MR) is 98.3 cm³/mol. The van der Waals surface area contributed by atoms with Crippen LogP contribution in [0.25, 0.3) is 11.1 Å². The van der Waals surface area contributed by atoms with Crippen molar-refractivity contribution in [1.29, 1.82) is 0 Å². The van der Waals surface area contributed by atoms with Crippen LogP contribution in [0.4, 0.5) is 0 Å². The highest BCUT2D eigenvalue weighted by Crippen LogP contribution is 2.40. The minimum Gasteiger partial charge on any atom is -0.376 e. The fraction of sp³-hybridized carbons (Fsp3) is 0.650. The zero-order chi connectivity index (χ0) is 18.1. The van der Waals surface area contributed by atoms with Gasteiger partial charge >= 0.3 is 0 Å². The van der Waals surface area contributed by atoms with Crippen LogP contribution in [0.2, 0.25) is 0 Å². The van der Waals surface area contributed by atoms with Crippen LogP contribution in [0.3, 0.4) is 0 Å². The maximum Gasteiger partial charge on any atom is 0.259 e. The molecule has 2 atom stereocenters. The summed E-state index contributed by atoms with van der Waals surface area (Å²) in [5.74, 6) is 0.382. The summed E-state index contributed by atoms with van der Waals surface area (Å²) in [6.45, 7) is 4.97. The lowest BCUT2D eigenvalue weighted by Gasteiger charge is -2.23. The molecule has 6 nitrogen and oxygen atoms in total.